The summed E-state index contributed by atoms with van der Waals surface area (Å²) in [5.41, 5.74) is 0.853. The molecular formula is C11H9F2IN2. The first-order chi connectivity index (χ1) is 7.66. The van der Waals surface area contributed by atoms with E-state index >= 15 is 0 Å². The van der Waals surface area contributed by atoms with Gasteiger partial charge in [0.2, 0.25) is 0 Å². The molecule has 0 unspecified atom stereocenters. The standard InChI is InChI=1S/C11H9F2IN2/c12-10(13)7-16-6-5-15-11(16)8-1-3-9(14)4-2-8/h1-6,10H,7H2. The first-order valence-corrected chi connectivity index (χ1v) is 5.80. The van der Waals surface area contributed by atoms with Gasteiger partial charge in [0.15, 0.2) is 0 Å². The third-order valence-corrected chi connectivity index (χ3v) is 2.87. The van der Waals surface area contributed by atoms with Crippen molar-refractivity contribution in [3.63, 3.8) is 0 Å². The van der Waals surface area contributed by atoms with E-state index in [0.717, 1.165) is 9.13 Å². The number of alkyl halides is 2. The van der Waals surface area contributed by atoms with Gasteiger partial charge in [0.1, 0.15) is 5.82 Å². The van der Waals surface area contributed by atoms with Gasteiger partial charge in [-0.05, 0) is 34.7 Å². The number of rotatable bonds is 3. The summed E-state index contributed by atoms with van der Waals surface area (Å²) >= 11 is 2.20. The third kappa shape index (κ3) is 2.58. The zero-order chi connectivity index (χ0) is 11.5. The molecule has 1 heterocycles. The average Bonchev–Trinajstić information content (AvgIpc) is 2.66. The molecule has 84 valence electrons. The van der Waals surface area contributed by atoms with E-state index in [4.69, 9.17) is 0 Å². The van der Waals surface area contributed by atoms with Gasteiger partial charge in [-0.1, -0.05) is 12.1 Å². The summed E-state index contributed by atoms with van der Waals surface area (Å²) in [6, 6.07) is 7.62. The van der Waals surface area contributed by atoms with Crippen molar-refractivity contribution in [1.82, 2.24) is 9.55 Å². The van der Waals surface area contributed by atoms with Crippen LogP contribution in [-0.2, 0) is 6.54 Å². The Balaban J connectivity index is 2.33. The van der Waals surface area contributed by atoms with E-state index in [1.165, 1.54) is 10.8 Å². The minimum absolute atomic E-state index is 0.318. The monoisotopic (exact) mass is 334 g/mol. The van der Waals surface area contributed by atoms with Crippen molar-refractivity contribution in [1.29, 1.82) is 0 Å². The number of hydrogen-bond donors (Lipinski definition) is 0. The lowest BCUT2D eigenvalue weighted by Crippen LogP contribution is -2.07. The summed E-state index contributed by atoms with van der Waals surface area (Å²) in [5, 5.41) is 0. The minimum atomic E-state index is -2.36. The summed E-state index contributed by atoms with van der Waals surface area (Å²) in [4.78, 5) is 4.10. The molecule has 1 aromatic heterocycles. The predicted molar refractivity (Wildman–Crippen MR) is 66.4 cm³/mol. The van der Waals surface area contributed by atoms with E-state index in [2.05, 4.69) is 27.6 Å². The molecule has 0 aliphatic carbocycles. The molecular weight excluding hydrogens is 325 g/mol. The fourth-order valence-electron chi connectivity index (χ4n) is 1.46. The van der Waals surface area contributed by atoms with Gasteiger partial charge in [-0.2, -0.15) is 0 Å². The molecule has 0 fully saturated rings. The van der Waals surface area contributed by atoms with Crippen LogP contribution in [0.5, 0.6) is 0 Å². The van der Waals surface area contributed by atoms with Crippen LogP contribution in [0.2, 0.25) is 0 Å². The molecule has 2 aromatic rings. The molecule has 0 bridgehead atoms. The highest BCUT2D eigenvalue weighted by Crippen LogP contribution is 2.19. The Morgan fingerprint density at radius 3 is 2.56 bits per heavy atom. The summed E-state index contributed by atoms with van der Waals surface area (Å²) in [6.45, 7) is -0.318. The second-order valence-corrected chi connectivity index (χ2v) is 4.55. The number of imidazole rings is 1. The minimum Gasteiger partial charge on any atom is -0.325 e. The van der Waals surface area contributed by atoms with Crippen LogP contribution in [0.25, 0.3) is 11.4 Å². The Hall–Kier alpha value is -0.980. The maximum atomic E-state index is 12.3. The first-order valence-electron chi connectivity index (χ1n) is 4.72. The van der Waals surface area contributed by atoms with E-state index in [-0.39, 0.29) is 6.54 Å². The smallest absolute Gasteiger partial charge is 0.256 e. The summed E-state index contributed by atoms with van der Waals surface area (Å²) in [7, 11) is 0. The molecule has 0 aliphatic rings. The molecule has 0 amide bonds. The van der Waals surface area contributed by atoms with Crippen LogP contribution >= 0.6 is 22.6 Å². The van der Waals surface area contributed by atoms with E-state index in [1.54, 1.807) is 6.20 Å². The number of benzene rings is 1. The molecule has 2 rings (SSSR count). The molecule has 16 heavy (non-hydrogen) atoms. The fraction of sp³-hybridized carbons (Fsp3) is 0.182. The Bertz CT molecular complexity index is 465. The van der Waals surface area contributed by atoms with Crippen molar-refractivity contribution >= 4 is 22.6 Å². The lowest BCUT2D eigenvalue weighted by Gasteiger charge is -2.06. The van der Waals surface area contributed by atoms with E-state index in [0.29, 0.717) is 5.82 Å². The van der Waals surface area contributed by atoms with Crippen LogP contribution in [-0.4, -0.2) is 16.0 Å². The van der Waals surface area contributed by atoms with Gasteiger partial charge in [-0.3, -0.25) is 0 Å². The molecule has 0 radical (unpaired) electrons. The van der Waals surface area contributed by atoms with Crippen LogP contribution in [0.15, 0.2) is 36.7 Å². The van der Waals surface area contributed by atoms with Crippen molar-refractivity contribution in [3.8, 4) is 11.4 Å². The molecule has 0 spiro atoms. The first kappa shape index (κ1) is 11.5. The summed E-state index contributed by atoms with van der Waals surface area (Å²) < 4.78 is 27.2. The predicted octanol–water partition coefficient (Wildman–Crippen LogP) is 3.42. The normalized spacial score (nSPS) is 11.0. The Labute approximate surface area is 105 Å². The highest BCUT2D eigenvalue weighted by Gasteiger charge is 2.10. The number of nitrogens with zero attached hydrogens (tertiary/aromatic N) is 2. The van der Waals surface area contributed by atoms with Gasteiger partial charge in [0.25, 0.3) is 6.43 Å². The highest BCUT2D eigenvalue weighted by atomic mass is 127. The third-order valence-electron chi connectivity index (χ3n) is 2.15. The second-order valence-electron chi connectivity index (χ2n) is 3.30. The van der Waals surface area contributed by atoms with Gasteiger partial charge < -0.3 is 4.57 Å². The number of hydrogen-bond acceptors (Lipinski definition) is 1. The van der Waals surface area contributed by atoms with E-state index in [1.807, 2.05) is 24.3 Å². The molecule has 0 saturated carbocycles. The van der Waals surface area contributed by atoms with Gasteiger partial charge in [0, 0.05) is 21.5 Å². The van der Waals surface area contributed by atoms with Gasteiger partial charge in [0.05, 0.1) is 6.54 Å². The lowest BCUT2D eigenvalue weighted by atomic mass is 10.2. The van der Waals surface area contributed by atoms with Crippen LogP contribution in [0.1, 0.15) is 0 Å². The maximum Gasteiger partial charge on any atom is 0.256 e. The van der Waals surface area contributed by atoms with Crippen LogP contribution < -0.4 is 0 Å². The summed E-state index contributed by atoms with van der Waals surface area (Å²) in [5.74, 6) is 0.580. The van der Waals surface area contributed by atoms with Crippen LogP contribution in [0.4, 0.5) is 8.78 Å². The van der Waals surface area contributed by atoms with Crippen molar-refractivity contribution in [2.75, 3.05) is 0 Å². The highest BCUT2D eigenvalue weighted by molar-refractivity contribution is 14.1. The van der Waals surface area contributed by atoms with E-state index < -0.39 is 6.43 Å². The molecule has 0 N–H and O–H groups in total. The average molecular weight is 334 g/mol. The zero-order valence-corrected chi connectivity index (χ0v) is 10.4. The van der Waals surface area contributed by atoms with Crippen molar-refractivity contribution in [2.45, 2.75) is 13.0 Å². The molecule has 1 aromatic carbocycles. The lowest BCUT2D eigenvalue weighted by molar-refractivity contribution is 0.127. The quantitative estimate of drug-likeness (QED) is 0.787. The molecule has 0 atom stereocenters. The molecule has 0 saturated heterocycles. The van der Waals surface area contributed by atoms with Crippen molar-refractivity contribution < 1.29 is 8.78 Å². The fourth-order valence-corrected chi connectivity index (χ4v) is 1.82. The van der Waals surface area contributed by atoms with Gasteiger partial charge in [-0.15, -0.1) is 0 Å². The number of aromatic nitrogens is 2. The van der Waals surface area contributed by atoms with Gasteiger partial charge in [-0.25, -0.2) is 13.8 Å². The second kappa shape index (κ2) is 4.90. The SMILES string of the molecule is FC(F)Cn1ccnc1-c1ccc(I)cc1. The Morgan fingerprint density at radius 2 is 1.94 bits per heavy atom. The molecule has 5 heteroatoms. The van der Waals surface area contributed by atoms with Gasteiger partial charge >= 0.3 is 0 Å². The zero-order valence-electron chi connectivity index (χ0n) is 8.28. The van der Waals surface area contributed by atoms with Crippen molar-refractivity contribution in [2.24, 2.45) is 0 Å². The molecule has 0 aliphatic heterocycles. The van der Waals surface area contributed by atoms with Crippen LogP contribution in [0.3, 0.4) is 0 Å². The number of halogens is 3. The van der Waals surface area contributed by atoms with Crippen LogP contribution in [0, 0.1) is 3.57 Å². The van der Waals surface area contributed by atoms with Crippen molar-refractivity contribution in [3.05, 3.63) is 40.2 Å². The summed E-state index contributed by atoms with van der Waals surface area (Å²) in [6.07, 6.45) is 0.742. The molecule has 2 nitrogen and oxygen atoms in total. The Kier molecular flexibility index (Phi) is 3.52. The topological polar surface area (TPSA) is 17.8 Å². The maximum absolute atomic E-state index is 12.3. The Morgan fingerprint density at radius 1 is 1.25 bits per heavy atom. The van der Waals surface area contributed by atoms with E-state index in [9.17, 15) is 8.78 Å². The largest absolute Gasteiger partial charge is 0.325 e.